The molecule has 0 aromatic heterocycles. The summed E-state index contributed by atoms with van der Waals surface area (Å²) in [4.78, 5) is 0. The Labute approximate surface area is 149 Å². The van der Waals surface area contributed by atoms with Crippen LogP contribution in [0.4, 0.5) is 0 Å². The molecule has 1 nitrogen and oxygen atoms in total. The van der Waals surface area contributed by atoms with Crippen molar-refractivity contribution in [2.24, 2.45) is 5.92 Å². The van der Waals surface area contributed by atoms with Gasteiger partial charge in [0.2, 0.25) is 0 Å². The van der Waals surface area contributed by atoms with Crippen LogP contribution >= 0.6 is 23.2 Å². The van der Waals surface area contributed by atoms with E-state index in [0.717, 1.165) is 36.0 Å². The number of piperidine rings is 1. The van der Waals surface area contributed by atoms with Crippen LogP contribution in [0.15, 0.2) is 36.4 Å². The quantitative estimate of drug-likeness (QED) is 0.746. The molecular weight excluding hydrogens is 325 g/mol. The zero-order valence-electron chi connectivity index (χ0n) is 13.7. The highest BCUT2D eigenvalue weighted by Gasteiger charge is 2.29. The molecule has 0 amide bonds. The molecule has 2 aromatic carbocycles. The molecule has 1 N–H and O–H groups in total. The van der Waals surface area contributed by atoms with E-state index in [2.05, 4.69) is 55.6 Å². The van der Waals surface area contributed by atoms with Gasteiger partial charge in [0.1, 0.15) is 0 Å². The summed E-state index contributed by atoms with van der Waals surface area (Å²) in [7, 11) is 0. The number of aryl methyl sites for hydroxylation is 2. The van der Waals surface area contributed by atoms with E-state index in [1.54, 1.807) is 0 Å². The summed E-state index contributed by atoms with van der Waals surface area (Å²) in [6, 6.07) is 12.8. The fourth-order valence-electron chi connectivity index (χ4n) is 3.62. The van der Waals surface area contributed by atoms with Gasteiger partial charge in [-0.2, -0.15) is 0 Å². The minimum Gasteiger partial charge on any atom is -0.317 e. The number of hydrogen-bond donors (Lipinski definition) is 1. The number of benzene rings is 2. The maximum absolute atomic E-state index is 6.62. The summed E-state index contributed by atoms with van der Waals surface area (Å²) < 4.78 is 0. The van der Waals surface area contributed by atoms with E-state index in [-0.39, 0.29) is 5.92 Å². The second kappa shape index (κ2) is 7.25. The van der Waals surface area contributed by atoms with Crippen LogP contribution in [-0.2, 0) is 0 Å². The summed E-state index contributed by atoms with van der Waals surface area (Å²) in [6.45, 7) is 6.28. The van der Waals surface area contributed by atoms with E-state index in [1.165, 1.54) is 22.3 Å². The molecule has 2 aromatic rings. The van der Waals surface area contributed by atoms with Gasteiger partial charge in [0.25, 0.3) is 0 Å². The van der Waals surface area contributed by atoms with Gasteiger partial charge in [0, 0.05) is 16.0 Å². The van der Waals surface area contributed by atoms with E-state index in [0.29, 0.717) is 5.92 Å². The maximum Gasteiger partial charge on any atom is 0.0446 e. The molecule has 1 saturated heterocycles. The molecule has 0 unspecified atom stereocenters. The van der Waals surface area contributed by atoms with Gasteiger partial charge in [0.15, 0.2) is 0 Å². The predicted molar refractivity (Wildman–Crippen MR) is 99.8 cm³/mol. The molecule has 0 atom stereocenters. The van der Waals surface area contributed by atoms with Gasteiger partial charge in [-0.15, -0.1) is 0 Å². The monoisotopic (exact) mass is 347 g/mol. The third-order valence-electron chi connectivity index (χ3n) is 4.84. The van der Waals surface area contributed by atoms with E-state index < -0.39 is 0 Å². The van der Waals surface area contributed by atoms with Crippen molar-refractivity contribution in [1.29, 1.82) is 0 Å². The first-order chi connectivity index (χ1) is 11.1. The first kappa shape index (κ1) is 16.8. The molecule has 0 bridgehead atoms. The summed E-state index contributed by atoms with van der Waals surface area (Å²) in [5, 5.41) is 5.16. The van der Waals surface area contributed by atoms with Crippen molar-refractivity contribution < 1.29 is 0 Å². The third kappa shape index (κ3) is 3.74. The zero-order chi connectivity index (χ0) is 16.4. The lowest BCUT2D eigenvalue weighted by Gasteiger charge is -2.32. The minimum atomic E-state index is 0.262. The fraction of sp³-hybridized carbons (Fsp3) is 0.400. The van der Waals surface area contributed by atoms with E-state index >= 15 is 0 Å². The van der Waals surface area contributed by atoms with Gasteiger partial charge >= 0.3 is 0 Å². The van der Waals surface area contributed by atoms with Crippen LogP contribution < -0.4 is 5.32 Å². The second-order valence-corrected chi connectivity index (χ2v) is 7.43. The van der Waals surface area contributed by atoms with Crippen molar-refractivity contribution in [3.63, 3.8) is 0 Å². The Kier molecular flexibility index (Phi) is 5.31. The van der Waals surface area contributed by atoms with Crippen LogP contribution in [0, 0.1) is 19.8 Å². The van der Waals surface area contributed by atoms with Crippen molar-refractivity contribution in [2.45, 2.75) is 32.6 Å². The van der Waals surface area contributed by atoms with Crippen LogP contribution in [-0.4, -0.2) is 13.1 Å². The van der Waals surface area contributed by atoms with Gasteiger partial charge in [0.05, 0.1) is 0 Å². The lowest BCUT2D eigenvalue weighted by molar-refractivity contribution is 0.342. The Balaban J connectivity index is 2.09. The zero-order valence-corrected chi connectivity index (χ0v) is 15.2. The molecule has 0 aliphatic carbocycles. The summed E-state index contributed by atoms with van der Waals surface area (Å²) in [6.07, 6.45) is 2.30. The fourth-order valence-corrected chi connectivity index (χ4v) is 4.33. The first-order valence-corrected chi connectivity index (χ1v) is 9.04. The van der Waals surface area contributed by atoms with E-state index in [9.17, 15) is 0 Å². The lowest BCUT2D eigenvalue weighted by Crippen LogP contribution is -2.31. The summed E-state index contributed by atoms with van der Waals surface area (Å²) in [5.41, 5.74) is 4.79. The van der Waals surface area contributed by atoms with Crippen molar-refractivity contribution in [1.82, 2.24) is 5.32 Å². The highest BCUT2D eigenvalue weighted by atomic mass is 35.5. The average molecular weight is 348 g/mol. The Morgan fingerprint density at radius 1 is 0.870 bits per heavy atom. The molecule has 3 heteroatoms. The molecule has 23 heavy (non-hydrogen) atoms. The Morgan fingerprint density at radius 2 is 1.35 bits per heavy atom. The molecular formula is C20H23Cl2N. The average Bonchev–Trinajstić information content (AvgIpc) is 2.52. The Morgan fingerprint density at radius 3 is 1.78 bits per heavy atom. The third-order valence-corrected chi connectivity index (χ3v) is 5.49. The number of hydrogen-bond acceptors (Lipinski definition) is 1. The van der Waals surface area contributed by atoms with E-state index in [1.807, 2.05) is 0 Å². The lowest BCUT2D eigenvalue weighted by atomic mass is 9.76. The highest BCUT2D eigenvalue weighted by Crippen LogP contribution is 2.42. The van der Waals surface area contributed by atoms with Crippen LogP contribution in [0.1, 0.15) is 41.0 Å². The molecule has 0 spiro atoms. The molecule has 0 radical (unpaired) electrons. The molecule has 1 aliphatic rings. The summed E-state index contributed by atoms with van der Waals surface area (Å²) >= 11 is 13.2. The van der Waals surface area contributed by atoms with Crippen LogP contribution in [0.3, 0.4) is 0 Å². The van der Waals surface area contributed by atoms with Gasteiger partial charge in [-0.1, -0.05) is 47.5 Å². The van der Waals surface area contributed by atoms with Crippen molar-refractivity contribution >= 4 is 23.2 Å². The van der Waals surface area contributed by atoms with Crippen molar-refractivity contribution in [3.8, 4) is 0 Å². The Bertz CT molecular complexity index is 639. The van der Waals surface area contributed by atoms with Crippen LogP contribution in [0.25, 0.3) is 0 Å². The predicted octanol–water partition coefficient (Wildman–Crippen LogP) is 5.74. The summed E-state index contributed by atoms with van der Waals surface area (Å²) in [5.74, 6) is 0.829. The van der Waals surface area contributed by atoms with E-state index in [4.69, 9.17) is 23.2 Å². The van der Waals surface area contributed by atoms with Crippen LogP contribution in [0.2, 0.25) is 10.0 Å². The van der Waals surface area contributed by atoms with Crippen LogP contribution in [0.5, 0.6) is 0 Å². The maximum atomic E-state index is 6.62. The standard InChI is InChI=1S/C20H23Cl2N/c1-13-3-5-16(18(21)11-13)20(15-7-9-23-10-8-15)17-6-4-14(2)12-19(17)22/h3-6,11-12,15,20,23H,7-10H2,1-2H3. The second-order valence-electron chi connectivity index (χ2n) is 6.62. The number of nitrogens with one attached hydrogen (secondary N) is 1. The van der Waals surface area contributed by atoms with Gasteiger partial charge < -0.3 is 5.32 Å². The topological polar surface area (TPSA) is 12.0 Å². The number of halogens is 2. The molecule has 1 fully saturated rings. The molecule has 1 aliphatic heterocycles. The largest absolute Gasteiger partial charge is 0.317 e. The molecule has 0 saturated carbocycles. The number of rotatable bonds is 3. The van der Waals surface area contributed by atoms with Gasteiger partial charge in [-0.25, -0.2) is 0 Å². The normalized spacial score (nSPS) is 16.0. The first-order valence-electron chi connectivity index (χ1n) is 8.29. The SMILES string of the molecule is Cc1ccc(C(c2ccc(C)cc2Cl)C2CCNCC2)c(Cl)c1. The van der Waals surface area contributed by atoms with Crippen molar-refractivity contribution in [3.05, 3.63) is 68.7 Å². The highest BCUT2D eigenvalue weighted by molar-refractivity contribution is 6.32. The molecule has 3 rings (SSSR count). The van der Waals surface area contributed by atoms with Gasteiger partial charge in [-0.3, -0.25) is 0 Å². The Hall–Kier alpha value is -1.02. The smallest absolute Gasteiger partial charge is 0.0446 e. The van der Waals surface area contributed by atoms with Gasteiger partial charge in [-0.05, 0) is 80.1 Å². The van der Waals surface area contributed by atoms with Crippen molar-refractivity contribution in [2.75, 3.05) is 13.1 Å². The molecule has 122 valence electrons. The molecule has 1 heterocycles. The minimum absolute atomic E-state index is 0.262.